The van der Waals surface area contributed by atoms with Crippen molar-refractivity contribution in [3.05, 3.63) is 58.1 Å². The Balaban J connectivity index is 2.35. The van der Waals surface area contributed by atoms with Gasteiger partial charge in [0.05, 0.1) is 5.69 Å². The lowest BCUT2D eigenvalue weighted by molar-refractivity contribution is 0.0695. The number of carboxylic acids is 1. The minimum absolute atomic E-state index is 0.0841. The van der Waals surface area contributed by atoms with E-state index in [4.69, 9.17) is 5.11 Å². The summed E-state index contributed by atoms with van der Waals surface area (Å²) in [5, 5.41) is 8.99. The molecule has 0 aliphatic heterocycles. The van der Waals surface area contributed by atoms with Crippen molar-refractivity contribution in [1.82, 2.24) is 9.97 Å². The van der Waals surface area contributed by atoms with Gasteiger partial charge in [0.25, 0.3) is 0 Å². The summed E-state index contributed by atoms with van der Waals surface area (Å²) >= 11 is 3.42. The number of carboxylic acid groups (broad SMARTS) is 1. The highest BCUT2D eigenvalue weighted by Gasteiger charge is 2.08. The maximum Gasteiger partial charge on any atom is 0.339 e. The Morgan fingerprint density at radius 3 is 2.78 bits per heavy atom. The number of rotatable bonds is 3. The predicted octanol–water partition coefficient (Wildman–Crippen LogP) is 3.11. The van der Waals surface area contributed by atoms with E-state index in [0.29, 0.717) is 5.69 Å². The average molecular weight is 305 g/mol. The Labute approximate surface area is 112 Å². The maximum atomic E-state index is 11.0. The van der Waals surface area contributed by atoms with E-state index in [1.165, 1.54) is 12.5 Å². The van der Waals surface area contributed by atoms with Gasteiger partial charge in [0.15, 0.2) is 0 Å². The number of benzene rings is 1. The fourth-order valence-corrected chi connectivity index (χ4v) is 1.83. The third-order valence-corrected chi connectivity index (χ3v) is 3.02. The van der Waals surface area contributed by atoms with Gasteiger partial charge in [0.1, 0.15) is 11.9 Å². The molecule has 0 bridgehead atoms. The van der Waals surface area contributed by atoms with Gasteiger partial charge in [-0.05, 0) is 17.7 Å². The van der Waals surface area contributed by atoms with Crippen molar-refractivity contribution < 1.29 is 9.90 Å². The molecular weight excluding hydrogens is 296 g/mol. The molecule has 1 N–H and O–H groups in total. The molecule has 2 rings (SSSR count). The van der Waals surface area contributed by atoms with Gasteiger partial charge in [0.2, 0.25) is 0 Å². The molecule has 0 aliphatic carbocycles. The van der Waals surface area contributed by atoms with Crippen LogP contribution in [0.1, 0.15) is 21.6 Å². The summed E-state index contributed by atoms with van der Waals surface area (Å²) in [6.45, 7) is 0. The number of hydrogen-bond donors (Lipinski definition) is 1. The molecule has 0 saturated carbocycles. The van der Waals surface area contributed by atoms with E-state index in [1.54, 1.807) is 12.2 Å². The van der Waals surface area contributed by atoms with Crippen LogP contribution in [0.4, 0.5) is 0 Å². The van der Waals surface area contributed by atoms with Crippen molar-refractivity contribution in [2.45, 2.75) is 0 Å². The van der Waals surface area contributed by atoms with Crippen LogP contribution in [0.25, 0.3) is 12.2 Å². The fraction of sp³-hybridized carbons (Fsp3) is 0. The first-order chi connectivity index (χ1) is 8.68. The maximum absolute atomic E-state index is 11.0. The van der Waals surface area contributed by atoms with Crippen molar-refractivity contribution >= 4 is 34.1 Å². The Kier molecular flexibility index (Phi) is 3.84. The van der Waals surface area contributed by atoms with Crippen LogP contribution >= 0.6 is 15.9 Å². The molecule has 0 atom stereocenters. The Bertz CT molecular complexity index is 611. The number of aromatic nitrogens is 2. The summed E-state index contributed by atoms with van der Waals surface area (Å²) < 4.78 is 0.937. The first-order valence-electron chi connectivity index (χ1n) is 5.14. The topological polar surface area (TPSA) is 63.1 Å². The highest BCUT2D eigenvalue weighted by Crippen LogP contribution is 2.18. The monoisotopic (exact) mass is 304 g/mol. The van der Waals surface area contributed by atoms with Gasteiger partial charge >= 0.3 is 5.97 Å². The molecule has 0 fully saturated rings. The summed E-state index contributed by atoms with van der Waals surface area (Å²) in [4.78, 5) is 18.6. The molecule has 0 spiro atoms. The molecule has 0 aliphatic rings. The molecule has 0 radical (unpaired) electrons. The molecule has 1 aromatic heterocycles. The molecule has 0 amide bonds. The van der Waals surface area contributed by atoms with E-state index in [1.807, 2.05) is 24.3 Å². The first kappa shape index (κ1) is 12.4. The van der Waals surface area contributed by atoms with Gasteiger partial charge in [-0.1, -0.05) is 40.2 Å². The standard InChI is InChI=1S/C13H9BrN2O2/c14-11-4-2-1-3-9(11)5-6-12-10(13(17)18)7-15-8-16-12/h1-8H,(H,17,18). The fourth-order valence-electron chi connectivity index (χ4n) is 1.42. The summed E-state index contributed by atoms with van der Waals surface area (Å²) in [5.74, 6) is -1.04. The van der Waals surface area contributed by atoms with Crippen LogP contribution in [-0.2, 0) is 0 Å². The Morgan fingerprint density at radius 2 is 2.06 bits per heavy atom. The second-order valence-electron chi connectivity index (χ2n) is 3.48. The number of aromatic carboxylic acids is 1. The molecule has 1 aromatic carbocycles. The molecule has 1 heterocycles. The van der Waals surface area contributed by atoms with Crippen LogP contribution in [-0.4, -0.2) is 21.0 Å². The van der Waals surface area contributed by atoms with Crippen molar-refractivity contribution in [2.24, 2.45) is 0 Å². The van der Waals surface area contributed by atoms with Crippen LogP contribution in [0.3, 0.4) is 0 Å². The lowest BCUT2D eigenvalue weighted by Crippen LogP contribution is -2.02. The number of hydrogen-bond acceptors (Lipinski definition) is 3. The third-order valence-electron chi connectivity index (χ3n) is 2.30. The minimum Gasteiger partial charge on any atom is -0.478 e. The van der Waals surface area contributed by atoms with Gasteiger partial charge in [-0.3, -0.25) is 0 Å². The van der Waals surface area contributed by atoms with Crippen LogP contribution in [0, 0.1) is 0 Å². The molecule has 18 heavy (non-hydrogen) atoms. The van der Waals surface area contributed by atoms with Crippen LogP contribution in [0.2, 0.25) is 0 Å². The molecule has 5 heteroatoms. The highest BCUT2D eigenvalue weighted by molar-refractivity contribution is 9.10. The van der Waals surface area contributed by atoms with Crippen LogP contribution in [0.5, 0.6) is 0 Å². The van der Waals surface area contributed by atoms with E-state index in [-0.39, 0.29) is 5.56 Å². The molecule has 4 nitrogen and oxygen atoms in total. The Morgan fingerprint density at radius 1 is 1.28 bits per heavy atom. The molecule has 90 valence electrons. The SMILES string of the molecule is O=C(O)c1cncnc1C=Cc1ccccc1Br. The van der Waals surface area contributed by atoms with Crippen molar-refractivity contribution in [3.63, 3.8) is 0 Å². The van der Waals surface area contributed by atoms with E-state index in [0.717, 1.165) is 10.0 Å². The number of halogens is 1. The highest BCUT2D eigenvalue weighted by atomic mass is 79.9. The second kappa shape index (κ2) is 5.55. The van der Waals surface area contributed by atoms with Gasteiger partial charge in [0, 0.05) is 10.7 Å². The zero-order valence-corrected chi connectivity index (χ0v) is 10.8. The summed E-state index contributed by atoms with van der Waals surface area (Å²) in [7, 11) is 0. The predicted molar refractivity (Wildman–Crippen MR) is 72.1 cm³/mol. The van der Waals surface area contributed by atoms with E-state index < -0.39 is 5.97 Å². The number of nitrogens with zero attached hydrogens (tertiary/aromatic N) is 2. The molecule has 2 aromatic rings. The Hall–Kier alpha value is -2.01. The normalized spacial score (nSPS) is 10.7. The van der Waals surface area contributed by atoms with Gasteiger partial charge in [-0.25, -0.2) is 14.8 Å². The zero-order valence-electron chi connectivity index (χ0n) is 9.25. The van der Waals surface area contributed by atoms with Gasteiger partial charge < -0.3 is 5.11 Å². The second-order valence-corrected chi connectivity index (χ2v) is 4.34. The summed E-state index contributed by atoms with van der Waals surface area (Å²) in [6, 6.07) is 7.65. The lowest BCUT2D eigenvalue weighted by Gasteiger charge is -1.99. The van der Waals surface area contributed by atoms with Crippen molar-refractivity contribution in [1.29, 1.82) is 0 Å². The van der Waals surface area contributed by atoms with E-state index >= 15 is 0 Å². The third kappa shape index (κ3) is 2.81. The summed E-state index contributed by atoms with van der Waals surface area (Å²) in [6.07, 6.45) is 6.07. The average Bonchev–Trinajstić information content (AvgIpc) is 2.38. The van der Waals surface area contributed by atoms with E-state index in [2.05, 4.69) is 25.9 Å². The first-order valence-corrected chi connectivity index (χ1v) is 5.93. The van der Waals surface area contributed by atoms with Crippen molar-refractivity contribution in [2.75, 3.05) is 0 Å². The zero-order chi connectivity index (χ0) is 13.0. The van der Waals surface area contributed by atoms with Gasteiger partial charge in [-0.15, -0.1) is 0 Å². The molecular formula is C13H9BrN2O2. The largest absolute Gasteiger partial charge is 0.478 e. The van der Waals surface area contributed by atoms with Crippen molar-refractivity contribution in [3.8, 4) is 0 Å². The van der Waals surface area contributed by atoms with Crippen LogP contribution in [0.15, 0.2) is 41.3 Å². The molecule has 0 saturated heterocycles. The smallest absolute Gasteiger partial charge is 0.339 e. The minimum atomic E-state index is -1.04. The van der Waals surface area contributed by atoms with E-state index in [9.17, 15) is 4.79 Å². The quantitative estimate of drug-likeness (QED) is 0.946. The molecule has 0 unspecified atom stereocenters. The van der Waals surface area contributed by atoms with Crippen LogP contribution < -0.4 is 0 Å². The number of carbonyl (C=O) groups is 1. The van der Waals surface area contributed by atoms with Gasteiger partial charge in [-0.2, -0.15) is 0 Å². The summed E-state index contributed by atoms with van der Waals surface area (Å²) in [5.41, 5.74) is 1.42. The lowest BCUT2D eigenvalue weighted by atomic mass is 10.1.